The van der Waals surface area contributed by atoms with Gasteiger partial charge in [-0.2, -0.15) is 5.10 Å². The lowest BCUT2D eigenvalue weighted by atomic mass is 10.2. The Kier molecular flexibility index (Phi) is 9.44. The van der Waals surface area contributed by atoms with Gasteiger partial charge in [0, 0.05) is 44.2 Å². The SMILES string of the molecule is O=C(CCC(=O)Nc1ccc(F)cc1)NN=Cc1cc(Br)ccc1OCc1ccc(Cl)cc1Cl. The van der Waals surface area contributed by atoms with E-state index in [1.54, 1.807) is 30.3 Å². The molecule has 0 aliphatic carbocycles. The first-order valence-electron chi connectivity index (χ1n) is 10.0. The van der Waals surface area contributed by atoms with Gasteiger partial charge in [-0.1, -0.05) is 45.2 Å². The van der Waals surface area contributed by atoms with Crippen LogP contribution in [0, 0.1) is 5.82 Å². The van der Waals surface area contributed by atoms with Crippen LogP contribution < -0.4 is 15.5 Å². The van der Waals surface area contributed by atoms with Crippen LogP contribution in [0.3, 0.4) is 0 Å². The molecule has 0 fully saturated rings. The van der Waals surface area contributed by atoms with Crippen molar-refractivity contribution in [1.29, 1.82) is 0 Å². The number of benzene rings is 3. The minimum absolute atomic E-state index is 0.0498. The lowest BCUT2D eigenvalue weighted by Gasteiger charge is -2.11. The third-order valence-electron chi connectivity index (χ3n) is 4.47. The van der Waals surface area contributed by atoms with Gasteiger partial charge in [0.2, 0.25) is 11.8 Å². The van der Waals surface area contributed by atoms with E-state index >= 15 is 0 Å². The van der Waals surface area contributed by atoms with Crippen LogP contribution in [-0.2, 0) is 16.2 Å². The summed E-state index contributed by atoms with van der Waals surface area (Å²) in [4.78, 5) is 24.0. The fourth-order valence-electron chi connectivity index (χ4n) is 2.76. The Morgan fingerprint density at radius 2 is 1.74 bits per heavy atom. The first-order valence-corrected chi connectivity index (χ1v) is 11.6. The van der Waals surface area contributed by atoms with Crippen LogP contribution in [0.2, 0.25) is 10.0 Å². The minimum atomic E-state index is -0.434. The van der Waals surface area contributed by atoms with E-state index in [1.165, 1.54) is 30.5 Å². The topological polar surface area (TPSA) is 79.8 Å². The van der Waals surface area contributed by atoms with Crippen molar-refractivity contribution in [3.8, 4) is 5.75 Å². The van der Waals surface area contributed by atoms with E-state index in [0.29, 0.717) is 27.0 Å². The second kappa shape index (κ2) is 12.5. The fourth-order valence-corrected chi connectivity index (χ4v) is 3.60. The molecule has 3 aromatic rings. The molecule has 34 heavy (non-hydrogen) atoms. The average molecular weight is 567 g/mol. The van der Waals surface area contributed by atoms with Crippen LogP contribution in [0.25, 0.3) is 0 Å². The van der Waals surface area contributed by atoms with Gasteiger partial charge in [0.05, 0.1) is 6.21 Å². The van der Waals surface area contributed by atoms with Gasteiger partial charge in [0.25, 0.3) is 0 Å². The summed E-state index contributed by atoms with van der Waals surface area (Å²) >= 11 is 15.5. The molecule has 0 aliphatic rings. The first-order chi connectivity index (χ1) is 16.3. The summed E-state index contributed by atoms with van der Waals surface area (Å²) in [6, 6.07) is 15.9. The summed E-state index contributed by atoms with van der Waals surface area (Å²) in [6.45, 7) is 0.216. The lowest BCUT2D eigenvalue weighted by Crippen LogP contribution is -2.20. The molecule has 2 amide bonds. The minimum Gasteiger partial charge on any atom is -0.488 e. The van der Waals surface area contributed by atoms with E-state index in [4.69, 9.17) is 27.9 Å². The number of carbonyl (C=O) groups is 2. The molecule has 0 atom stereocenters. The molecule has 0 unspecified atom stereocenters. The maximum atomic E-state index is 12.9. The predicted octanol–water partition coefficient (Wildman–Crippen LogP) is 6.34. The predicted molar refractivity (Wildman–Crippen MR) is 135 cm³/mol. The second-order valence-electron chi connectivity index (χ2n) is 7.05. The molecule has 0 radical (unpaired) electrons. The molecule has 0 saturated carbocycles. The summed E-state index contributed by atoms with van der Waals surface area (Å²) in [7, 11) is 0. The molecule has 2 N–H and O–H groups in total. The summed E-state index contributed by atoms with van der Waals surface area (Å²) in [6.07, 6.45) is 1.33. The van der Waals surface area contributed by atoms with Crippen LogP contribution in [-0.4, -0.2) is 18.0 Å². The monoisotopic (exact) mass is 565 g/mol. The molecule has 0 spiro atoms. The largest absolute Gasteiger partial charge is 0.488 e. The number of anilines is 1. The van der Waals surface area contributed by atoms with Crippen LogP contribution in [0.4, 0.5) is 10.1 Å². The Bertz CT molecular complexity index is 1210. The fraction of sp³-hybridized carbons (Fsp3) is 0.125. The van der Waals surface area contributed by atoms with Crippen LogP contribution >= 0.6 is 39.1 Å². The number of nitrogens with zero attached hydrogens (tertiary/aromatic N) is 1. The zero-order valence-corrected chi connectivity index (χ0v) is 20.8. The molecule has 0 aliphatic heterocycles. The third kappa shape index (κ3) is 8.13. The highest BCUT2D eigenvalue weighted by Gasteiger charge is 2.09. The number of amides is 2. The summed E-state index contributed by atoms with van der Waals surface area (Å²) in [5, 5.41) is 7.58. The molecular formula is C24H19BrCl2FN3O3. The standard InChI is InChI=1S/C24H19BrCl2FN3O3/c25-17-2-8-22(34-14-15-1-3-18(26)12-21(15)27)16(11-17)13-29-31-24(33)10-9-23(32)30-20-6-4-19(28)5-7-20/h1-8,11-13H,9-10,14H2,(H,30,32)(H,31,33). The number of nitrogens with one attached hydrogen (secondary N) is 2. The van der Waals surface area contributed by atoms with Gasteiger partial charge in [-0.25, -0.2) is 9.82 Å². The number of hydrazone groups is 1. The Hall–Kier alpha value is -2.94. The van der Waals surface area contributed by atoms with Gasteiger partial charge < -0.3 is 10.1 Å². The van der Waals surface area contributed by atoms with E-state index in [2.05, 4.69) is 31.8 Å². The van der Waals surface area contributed by atoms with Crippen molar-refractivity contribution < 1.29 is 18.7 Å². The molecule has 0 heterocycles. The summed E-state index contributed by atoms with van der Waals surface area (Å²) < 4.78 is 19.6. The van der Waals surface area contributed by atoms with Gasteiger partial charge in [0.15, 0.2) is 0 Å². The smallest absolute Gasteiger partial charge is 0.240 e. The van der Waals surface area contributed by atoms with Crippen molar-refractivity contribution in [3.63, 3.8) is 0 Å². The highest BCUT2D eigenvalue weighted by molar-refractivity contribution is 9.10. The Morgan fingerprint density at radius 3 is 2.47 bits per heavy atom. The van der Waals surface area contributed by atoms with Gasteiger partial charge in [-0.15, -0.1) is 0 Å². The number of halogens is 4. The third-order valence-corrected chi connectivity index (χ3v) is 5.55. The van der Waals surface area contributed by atoms with E-state index in [0.717, 1.165) is 10.0 Å². The molecule has 6 nitrogen and oxygen atoms in total. The van der Waals surface area contributed by atoms with Crippen molar-refractivity contribution in [2.24, 2.45) is 5.10 Å². The maximum absolute atomic E-state index is 12.9. The van der Waals surface area contributed by atoms with Gasteiger partial charge in [0.1, 0.15) is 18.2 Å². The lowest BCUT2D eigenvalue weighted by molar-refractivity contribution is -0.124. The van der Waals surface area contributed by atoms with Gasteiger partial charge in [-0.05, 0) is 54.6 Å². The average Bonchev–Trinajstić information content (AvgIpc) is 2.80. The molecular weight excluding hydrogens is 548 g/mol. The number of hydrogen-bond acceptors (Lipinski definition) is 4. The van der Waals surface area contributed by atoms with Gasteiger partial charge in [-0.3, -0.25) is 9.59 Å². The number of hydrogen-bond donors (Lipinski definition) is 2. The van der Waals surface area contributed by atoms with Crippen molar-refractivity contribution >= 4 is 62.8 Å². The van der Waals surface area contributed by atoms with Crippen LogP contribution in [0.15, 0.2) is 70.2 Å². The zero-order valence-electron chi connectivity index (χ0n) is 17.7. The van der Waals surface area contributed by atoms with E-state index in [1.807, 2.05) is 6.07 Å². The molecule has 3 aromatic carbocycles. The molecule has 10 heteroatoms. The molecule has 3 rings (SSSR count). The summed E-state index contributed by atoms with van der Waals surface area (Å²) in [5.41, 5.74) is 4.23. The number of ether oxygens (including phenoxy) is 1. The van der Waals surface area contributed by atoms with Crippen molar-refractivity contribution in [1.82, 2.24) is 5.43 Å². The molecule has 0 aromatic heterocycles. The van der Waals surface area contributed by atoms with E-state index in [-0.39, 0.29) is 25.4 Å². The Balaban J connectivity index is 1.52. The van der Waals surface area contributed by atoms with Crippen molar-refractivity contribution in [2.75, 3.05) is 5.32 Å². The zero-order chi connectivity index (χ0) is 24.5. The number of carbonyl (C=O) groups excluding carboxylic acids is 2. The normalized spacial score (nSPS) is 10.8. The quantitative estimate of drug-likeness (QED) is 0.234. The van der Waals surface area contributed by atoms with Crippen LogP contribution in [0.5, 0.6) is 5.75 Å². The molecule has 0 saturated heterocycles. The second-order valence-corrected chi connectivity index (χ2v) is 8.81. The number of rotatable bonds is 9. The Morgan fingerprint density at radius 1 is 1.00 bits per heavy atom. The first kappa shape index (κ1) is 25.7. The van der Waals surface area contributed by atoms with Crippen molar-refractivity contribution in [3.05, 3.63) is 92.1 Å². The van der Waals surface area contributed by atoms with Crippen molar-refractivity contribution in [2.45, 2.75) is 19.4 Å². The Labute approximate surface area is 214 Å². The maximum Gasteiger partial charge on any atom is 0.240 e. The van der Waals surface area contributed by atoms with E-state index < -0.39 is 11.7 Å². The van der Waals surface area contributed by atoms with Gasteiger partial charge >= 0.3 is 0 Å². The van der Waals surface area contributed by atoms with Crippen LogP contribution in [0.1, 0.15) is 24.0 Å². The van der Waals surface area contributed by atoms with E-state index in [9.17, 15) is 14.0 Å². The molecule has 0 bridgehead atoms. The highest BCUT2D eigenvalue weighted by atomic mass is 79.9. The summed E-state index contributed by atoms with van der Waals surface area (Å²) in [5.74, 6) is -0.667. The highest BCUT2D eigenvalue weighted by Crippen LogP contribution is 2.26. The molecule has 176 valence electrons.